The second-order valence-electron chi connectivity index (χ2n) is 9.02. The number of hydrogen-bond donors (Lipinski definition) is 7. The molecule has 0 aliphatic rings. The van der Waals surface area contributed by atoms with Crippen LogP contribution in [0, 0.1) is 11.8 Å². The highest BCUT2D eigenvalue weighted by atomic mass is 16.4. The lowest BCUT2D eigenvalue weighted by Gasteiger charge is -2.27. The van der Waals surface area contributed by atoms with Gasteiger partial charge in [-0.1, -0.05) is 34.1 Å². The van der Waals surface area contributed by atoms with Crippen molar-refractivity contribution in [2.24, 2.45) is 29.0 Å². The third-order valence-electron chi connectivity index (χ3n) is 5.45. The Balaban J connectivity index is 5.56. The van der Waals surface area contributed by atoms with Crippen molar-refractivity contribution in [3.63, 3.8) is 0 Å². The van der Waals surface area contributed by atoms with Crippen molar-refractivity contribution in [1.29, 1.82) is 0 Å². The van der Waals surface area contributed by atoms with Crippen LogP contribution in [0.5, 0.6) is 0 Å². The lowest BCUT2D eigenvalue weighted by Crippen LogP contribution is -2.58. The molecular formula is C22H42N6O6. The van der Waals surface area contributed by atoms with Crippen LogP contribution in [-0.2, 0) is 24.0 Å². The fraction of sp³-hybridized carbons (Fsp3) is 0.773. The van der Waals surface area contributed by atoms with Gasteiger partial charge < -0.3 is 38.3 Å². The lowest BCUT2D eigenvalue weighted by atomic mass is 9.97. The Kier molecular flexibility index (Phi) is 14.7. The smallest absolute Gasteiger partial charge is 0.326 e. The van der Waals surface area contributed by atoms with Crippen molar-refractivity contribution < 1.29 is 29.1 Å². The van der Waals surface area contributed by atoms with E-state index in [2.05, 4.69) is 16.0 Å². The maximum absolute atomic E-state index is 13.0. The number of hydrogen-bond acceptors (Lipinski definition) is 7. The van der Waals surface area contributed by atoms with E-state index in [9.17, 15) is 29.1 Å². The Morgan fingerprint density at radius 2 is 1.44 bits per heavy atom. The summed E-state index contributed by atoms with van der Waals surface area (Å²) in [6.07, 6.45) is 1.79. The summed E-state index contributed by atoms with van der Waals surface area (Å²) in [5.74, 6) is -4.18. The molecule has 196 valence electrons. The van der Waals surface area contributed by atoms with Gasteiger partial charge in [0.05, 0.1) is 12.5 Å². The molecule has 0 saturated carbocycles. The van der Waals surface area contributed by atoms with Crippen molar-refractivity contribution >= 4 is 29.6 Å². The van der Waals surface area contributed by atoms with Crippen LogP contribution in [0.1, 0.15) is 66.2 Å². The number of amides is 4. The molecule has 0 spiro atoms. The van der Waals surface area contributed by atoms with Crippen molar-refractivity contribution in [3.8, 4) is 0 Å². The molecule has 4 amide bonds. The predicted octanol–water partition coefficient (Wildman–Crippen LogP) is -1.05. The van der Waals surface area contributed by atoms with Gasteiger partial charge in [-0.05, 0) is 44.1 Å². The monoisotopic (exact) mass is 486 g/mol. The molecular weight excluding hydrogens is 444 g/mol. The first kappa shape index (κ1) is 31.3. The van der Waals surface area contributed by atoms with E-state index in [0.717, 1.165) is 0 Å². The van der Waals surface area contributed by atoms with Crippen LogP contribution < -0.4 is 33.2 Å². The molecule has 0 aliphatic heterocycles. The number of nitrogens with one attached hydrogen (secondary N) is 3. The normalized spacial score (nSPS) is 15.5. The molecule has 0 aromatic carbocycles. The summed E-state index contributed by atoms with van der Waals surface area (Å²) in [4.78, 5) is 61.0. The van der Waals surface area contributed by atoms with E-state index >= 15 is 0 Å². The van der Waals surface area contributed by atoms with E-state index in [-0.39, 0.29) is 31.1 Å². The summed E-state index contributed by atoms with van der Waals surface area (Å²) < 4.78 is 0. The van der Waals surface area contributed by atoms with Gasteiger partial charge in [0.25, 0.3) is 0 Å². The number of nitrogens with two attached hydrogens (primary N) is 3. The summed E-state index contributed by atoms with van der Waals surface area (Å²) in [5, 5.41) is 17.2. The highest BCUT2D eigenvalue weighted by molar-refractivity contribution is 5.95. The molecule has 5 unspecified atom stereocenters. The van der Waals surface area contributed by atoms with Crippen LogP contribution in [-0.4, -0.2) is 65.4 Å². The van der Waals surface area contributed by atoms with Gasteiger partial charge in [0.15, 0.2) is 0 Å². The second-order valence-corrected chi connectivity index (χ2v) is 9.02. The third kappa shape index (κ3) is 11.9. The average molecular weight is 487 g/mol. The van der Waals surface area contributed by atoms with E-state index in [1.54, 1.807) is 6.92 Å². The minimum Gasteiger partial charge on any atom is -0.480 e. The molecule has 10 N–H and O–H groups in total. The van der Waals surface area contributed by atoms with E-state index < -0.39 is 53.8 Å². The average Bonchev–Trinajstić information content (AvgIpc) is 2.74. The molecule has 12 nitrogen and oxygen atoms in total. The van der Waals surface area contributed by atoms with Crippen LogP contribution in [0.3, 0.4) is 0 Å². The lowest BCUT2D eigenvalue weighted by molar-refractivity contribution is -0.144. The fourth-order valence-corrected chi connectivity index (χ4v) is 3.26. The molecule has 0 heterocycles. The number of carbonyl (C=O) groups excluding carboxylic acids is 4. The highest BCUT2D eigenvalue weighted by Crippen LogP contribution is 2.11. The molecule has 0 radical (unpaired) electrons. The number of aliphatic carboxylic acids is 1. The predicted molar refractivity (Wildman–Crippen MR) is 127 cm³/mol. The second kappa shape index (κ2) is 16.0. The van der Waals surface area contributed by atoms with E-state index in [1.165, 1.54) is 0 Å². The fourth-order valence-electron chi connectivity index (χ4n) is 3.26. The number of carboxylic acid groups (broad SMARTS) is 1. The van der Waals surface area contributed by atoms with Crippen molar-refractivity contribution in [2.45, 2.75) is 90.4 Å². The summed E-state index contributed by atoms with van der Waals surface area (Å²) in [6.45, 7) is 7.65. The van der Waals surface area contributed by atoms with Gasteiger partial charge in [-0.15, -0.1) is 0 Å². The van der Waals surface area contributed by atoms with Crippen LogP contribution in [0.4, 0.5) is 0 Å². The minimum absolute atomic E-state index is 0.0113. The minimum atomic E-state index is -1.22. The van der Waals surface area contributed by atoms with Crippen molar-refractivity contribution in [2.75, 3.05) is 6.54 Å². The summed E-state index contributed by atoms with van der Waals surface area (Å²) in [7, 11) is 0. The molecule has 0 saturated heterocycles. The van der Waals surface area contributed by atoms with Crippen molar-refractivity contribution in [3.05, 3.63) is 0 Å². The van der Waals surface area contributed by atoms with Crippen LogP contribution in [0.2, 0.25) is 0 Å². The molecule has 0 aromatic rings. The summed E-state index contributed by atoms with van der Waals surface area (Å²) >= 11 is 0. The summed E-state index contributed by atoms with van der Waals surface area (Å²) in [6, 6.07) is -4.35. The Hall–Kier alpha value is -2.73. The van der Waals surface area contributed by atoms with Gasteiger partial charge >= 0.3 is 5.97 Å². The molecule has 0 rings (SSSR count). The Labute approximate surface area is 201 Å². The number of unbranched alkanes of at least 4 members (excludes halogenated alkanes) is 1. The number of carbonyl (C=O) groups is 5. The van der Waals surface area contributed by atoms with E-state index in [4.69, 9.17) is 17.2 Å². The molecule has 34 heavy (non-hydrogen) atoms. The zero-order valence-electron chi connectivity index (χ0n) is 20.6. The first-order chi connectivity index (χ1) is 15.8. The topological polar surface area (TPSA) is 220 Å². The largest absolute Gasteiger partial charge is 0.480 e. The Morgan fingerprint density at radius 1 is 0.882 bits per heavy atom. The highest BCUT2D eigenvalue weighted by Gasteiger charge is 2.32. The quantitative estimate of drug-likeness (QED) is 0.125. The number of rotatable bonds is 17. The van der Waals surface area contributed by atoms with Gasteiger partial charge in [0, 0.05) is 0 Å². The molecule has 0 bridgehead atoms. The SMILES string of the molecule is CCC(C)C(NC(=O)C(CC(C)C)NC(=O)C(CCCCN)NC(=O)C(N)CC(N)=O)C(=O)O. The van der Waals surface area contributed by atoms with Crippen molar-refractivity contribution in [1.82, 2.24) is 16.0 Å². The Morgan fingerprint density at radius 3 is 1.91 bits per heavy atom. The molecule has 12 heteroatoms. The maximum atomic E-state index is 13.0. The number of carboxylic acids is 1. The zero-order valence-corrected chi connectivity index (χ0v) is 20.6. The first-order valence-corrected chi connectivity index (χ1v) is 11.7. The molecule has 0 fully saturated rings. The van der Waals surface area contributed by atoms with Crippen LogP contribution in [0.15, 0.2) is 0 Å². The first-order valence-electron chi connectivity index (χ1n) is 11.7. The standard InChI is InChI=1S/C22H42N6O6/c1-5-13(4)18(22(33)34)28-21(32)16(10-12(2)3)27-20(31)15(8-6-7-9-23)26-19(30)14(24)11-17(25)29/h12-16,18H,5-11,23-24H2,1-4H3,(H2,25,29)(H,26,30)(H,27,31)(H,28,32)(H,33,34). The molecule has 0 aliphatic carbocycles. The Bertz CT molecular complexity index is 701. The third-order valence-corrected chi connectivity index (χ3v) is 5.45. The van der Waals surface area contributed by atoms with Gasteiger partial charge in [-0.2, -0.15) is 0 Å². The molecule has 5 atom stereocenters. The van der Waals surface area contributed by atoms with Gasteiger partial charge in [-0.25, -0.2) is 4.79 Å². The van der Waals surface area contributed by atoms with Gasteiger partial charge in [-0.3, -0.25) is 19.2 Å². The van der Waals surface area contributed by atoms with Gasteiger partial charge in [0.2, 0.25) is 23.6 Å². The van der Waals surface area contributed by atoms with E-state index in [0.29, 0.717) is 25.8 Å². The van der Waals surface area contributed by atoms with Gasteiger partial charge in [0.1, 0.15) is 18.1 Å². The van der Waals surface area contributed by atoms with Crippen LogP contribution >= 0.6 is 0 Å². The van der Waals surface area contributed by atoms with E-state index in [1.807, 2.05) is 20.8 Å². The molecule has 0 aromatic heterocycles. The summed E-state index contributed by atoms with van der Waals surface area (Å²) in [5.41, 5.74) is 16.3. The number of primary amides is 1. The zero-order chi connectivity index (χ0) is 26.4. The van der Waals surface area contributed by atoms with Crippen LogP contribution in [0.25, 0.3) is 0 Å². The maximum Gasteiger partial charge on any atom is 0.326 e.